The molecule has 0 aliphatic rings. The minimum Gasteiger partial charge on any atom is -0.333 e. The highest BCUT2D eigenvalue weighted by atomic mass is 31.1. The van der Waals surface area contributed by atoms with Crippen LogP contribution in [0.4, 0.5) is 0 Å². The lowest BCUT2D eigenvalue weighted by Crippen LogP contribution is -2.33. The predicted molar refractivity (Wildman–Crippen MR) is 94.4 cm³/mol. The highest BCUT2D eigenvalue weighted by molar-refractivity contribution is 7.46. The third-order valence-electron chi connectivity index (χ3n) is 2.44. The largest absolute Gasteiger partial charge is 0.347 e. The molecule has 1 unspecified atom stereocenters. The monoisotopic (exact) mass is 305 g/mol. The maximum Gasteiger partial charge on any atom is 0.347 e. The summed E-state index contributed by atoms with van der Waals surface area (Å²) in [5.74, 6) is 2.02. The normalized spacial score (nSPS) is 12.8. The van der Waals surface area contributed by atoms with Crippen LogP contribution in [0.5, 0.6) is 0 Å². The van der Waals surface area contributed by atoms with Crippen LogP contribution in [-0.2, 0) is 0 Å². The Hall–Kier alpha value is -0.0200. The van der Waals surface area contributed by atoms with Crippen LogP contribution in [-0.4, -0.2) is 49.5 Å². The van der Waals surface area contributed by atoms with Gasteiger partial charge in [-0.05, 0) is 25.9 Å². The number of hydrogen-bond acceptors (Lipinski definition) is 3. The topological polar surface area (TPSA) is 44.3 Å². The highest BCUT2D eigenvalue weighted by Crippen LogP contribution is 2.35. The van der Waals surface area contributed by atoms with Crippen LogP contribution in [0, 0.1) is 17.8 Å². The summed E-state index contributed by atoms with van der Waals surface area (Å²) in [7, 11) is 3.23. The molecular weight excluding hydrogens is 267 g/mol. The third-order valence-corrected chi connectivity index (χ3v) is 4.41. The number of rotatable bonds is 9. The molecule has 122 valence electrons. The second kappa shape index (κ2) is 12.7. The van der Waals surface area contributed by atoms with E-state index in [-0.39, 0.29) is 0 Å². The van der Waals surface area contributed by atoms with Crippen LogP contribution in [0.25, 0.3) is 0 Å². The first-order valence-corrected chi connectivity index (χ1v) is 8.89. The molecule has 0 bridgehead atoms. The van der Waals surface area contributed by atoms with Crippen LogP contribution in [0.3, 0.4) is 0 Å². The van der Waals surface area contributed by atoms with Gasteiger partial charge in [0.2, 0.25) is 0 Å². The van der Waals surface area contributed by atoms with Crippen LogP contribution in [0.1, 0.15) is 41.5 Å². The molecular formula is C15H38N4P+. The van der Waals surface area contributed by atoms with Crippen molar-refractivity contribution >= 4 is 15.1 Å². The lowest BCUT2D eigenvalue weighted by Gasteiger charge is -2.26. The van der Waals surface area contributed by atoms with Gasteiger partial charge in [-0.15, -0.1) is 0 Å². The van der Waals surface area contributed by atoms with E-state index >= 15 is 0 Å². The van der Waals surface area contributed by atoms with Crippen molar-refractivity contribution < 1.29 is 4.35 Å². The smallest absolute Gasteiger partial charge is 0.333 e. The van der Waals surface area contributed by atoms with Crippen LogP contribution >= 0.6 is 8.37 Å². The molecule has 0 aromatic rings. The summed E-state index contributed by atoms with van der Waals surface area (Å²) in [5, 5.41) is 3.68. The molecule has 0 radical (unpaired) electrons. The van der Waals surface area contributed by atoms with Gasteiger partial charge in [0.1, 0.15) is 13.3 Å². The van der Waals surface area contributed by atoms with Crippen molar-refractivity contribution in [2.75, 3.05) is 33.7 Å². The van der Waals surface area contributed by atoms with E-state index in [4.69, 9.17) is 0 Å². The summed E-state index contributed by atoms with van der Waals surface area (Å²) in [5.41, 5.74) is 4.50. The van der Waals surface area contributed by atoms with Crippen LogP contribution in [0.15, 0.2) is 0 Å². The minimum atomic E-state index is -0.475. The standard InChI is InChI=1S/C14H33N3P.CH5N/c1-12(2)9-15-18(16(7)10-13(3)4)17(8)11-14(5)6;1-2/h12-15H,7,9-11H2,1-6,8H3;2H2,1H3/q+1;. The van der Waals surface area contributed by atoms with E-state index in [0.717, 1.165) is 19.6 Å². The van der Waals surface area contributed by atoms with Crippen LogP contribution < -0.4 is 10.8 Å². The second-order valence-corrected chi connectivity index (χ2v) is 8.51. The molecule has 0 rings (SSSR count). The first-order chi connectivity index (χ1) is 9.23. The van der Waals surface area contributed by atoms with Gasteiger partial charge in [-0.1, -0.05) is 41.5 Å². The van der Waals surface area contributed by atoms with Crippen molar-refractivity contribution in [2.24, 2.45) is 23.5 Å². The first-order valence-electron chi connectivity index (χ1n) is 7.64. The van der Waals surface area contributed by atoms with Crippen molar-refractivity contribution in [2.45, 2.75) is 41.5 Å². The molecule has 0 spiro atoms. The van der Waals surface area contributed by atoms with Crippen molar-refractivity contribution in [3.63, 3.8) is 0 Å². The van der Waals surface area contributed by atoms with E-state index in [2.05, 4.69) is 75.1 Å². The molecule has 0 aromatic heterocycles. The van der Waals surface area contributed by atoms with Gasteiger partial charge in [0.25, 0.3) is 0 Å². The molecule has 0 fully saturated rings. The molecule has 20 heavy (non-hydrogen) atoms. The Morgan fingerprint density at radius 2 is 1.55 bits per heavy atom. The number of hydrogen-bond donors (Lipinski definition) is 2. The summed E-state index contributed by atoms with van der Waals surface area (Å²) in [6.07, 6.45) is 0. The second-order valence-electron chi connectivity index (χ2n) is 6.36. The minimum absolute atomic E-state index is 0.475. The average molecular weight is 305 g/mol. The summed E-state index contributed by atoms with van der Waals surface area (Å²) in [6.45, 7) is 21.0. The van der Waals surface area contributed by atoms with Crippen LogP contribution in [0.2, 0.25) is 0 Å². The van der Waals surface area contributed by atoms with Gasteiger partial charge in [-0.2, -0.15) is 0 Å². The van der Waals surface area contributed by atoms with Crippen molar-refractivity contribution in [3.05, 3.63) is 0 Å². The van der Waals surface area contributed by atoms with E-state index in [1.807, 2.05) is 0 Å². The molecule has 4 nitrogen and oxygen atoms in total. The Labute approximate surface area is 128 Å². The SMILES string of the molecule is C=[N+](CC(C)C)P(NCC(C)C)N(C)CC(C)C.CN. The first kappa shape index (κ1) is 22.3. The molecule has 5 heteroatoms. The summed E-state index contributed by atoms with van der Waals surface area (Å²) < 4.78 is 4.67. The van der Waals surface area contributed by atoms with E-state index in [1.165, 1.54) is 7.05 Å². The lowest BCUT2D eigenvalue weighted by atomic mass is 10.2. The number of nitrogens with zero attached hydrogens (tertiary/aromatic N) is 2. The number of nitrogens with one attached hydrogen (secondary N) is 1. The fraction of sp³-hybridized carbons (Fsp3) is 0.933. The fourth-order valence-electron chi connectivity index (χ4n) is 1.81. The van der Waals surface area contributed by atoms with Gasteiger partial charge in [0.05, 0.1) is 0 Å². The van der Waals surface area contributed by atoms with Gasteiger partial charge in [-0.25, -0.2) is 14.1 Å². The van der Waals surface area contributed by atoms with Crippen molar-refractivity contribution in [1.82, 2.24) is 9.76 Å². The maximum absolute atomic E-state index is 4.50. The maximum atomic E-state index is 4.50. The zero-order valence-electron chi connectivity index (χ0n) is 15.0. The molecule has 0 aliphatic carbocycles. The molecule has 0 aromatic carbocycles. The Bertz CT molecular complexity index is 242. The zero-order chi connectivity index (χ0) is 16.3. The Balaban J connectivity index is 0. The summed E-state index contributed by atoms with van der Waals surface area (Å²) in [4.78, 5) is 0. The number of nitrogens with two attached hydrogens (primary N) is 1. The van der Waals surface area contributed by atoms with Crippen molar-refractivity contribution in [1.29, 1.82) is 0 Å². The third kappa shape index (κ3) is 11.8. The average Bonchev–Trinajstić information content (AvgIpc) is 2.29. The molecule has 1 atom stereocenters. The Kier molecular flexibility index (Phi) is 14.1. The van der Waals surface area contributed by atoms with E-state index in [0.29, 0.717) is 17.8 Å². The quantitative estimate of drug-likeness (QED) is 0.508. The molecule has 0 aliphatic heterocycles. The lowest BCUT2D eigenvalue weighted by molar-refractivity contribution is -0.371. The molecule has 3 N–H and O–H groups in total. The molecule has 0 saturated heterocycles. The summed E-state index contributed by atoms with van der Waals surface area (Å²) >= 11 is 0. The Morgan fingerprint density at radius 1 is 1.05 bits per heavy atom. The van der Waals surface area contributed by atoms with E-state index < -0.39 is 8.37 Å². The van der Waals surface area contributed by atoms with Gasteiger partial charge < -0.3 is 5.73 Å². The van der Waals surface area contributed by atoms with Crippen molar-refractivity contribution in [3.8, 4) is 0 Å². The highest BCUT2D eigenvalue weighted by Gasteiger charge is 2.27. The van der Waals surface area contributed by atoms with Gasteiger partial charge in [-0.3, -0.25) is 0 Å². The molecule has 0 heterocycles. The van der Waals surface area contributed by atoms with Gasteiger partial charge in [0.15, 0.2) is 0 Å². The van der Waals surface area contributed by atoms with Gasteiger partial charge in [0, 0.05) is 19.0 Å². The predicted octanol–water partition coefficient (Wildman–Crippen LogP) is 2.99. The molecule has 0 saturated carbocycles. The Morgan fingerprint density at radius 3 is 1.90 bits per heavy atom. The fourth-order valence-corrected chi connectivity index (χ4v) is 4.17. The van der Waals surface area contributed by atoms with Gasteiger partial charge >= 0.3 is 8.37 Å². The van der Waals surface area contributed by atoms with E-state index in [1.54, 1.807) is 0 Å². The van der Waals surface area contributed by atoms with E-state index in [9.17, 15) is 0 Å². The zero-order valence-corrected chi connectivity index (χ0v) is 15.9. The molecule has 0 amide bonds. The summed E-state index contributed by atoms with van der Waals surface area (Å²) in [6, 6.07) is 0.